The minimum Gasteiger partial charge on any atom is -0.452 e. The summed E-state index contributed by atoms with van der Waals surface area (Å²) in [5.41, 5.74) is 5.33. The van der Waals surface area contributed by atoms with Gasteiger partial charge in [-0.1, -0.05) is 23.4 Å². The van der Waals surface area contributed by atoms with Gasteiger partial charge in [-0.3, -0.25) is 20.4 Å². The maximum atomic E-state index is 11.8. The normalized spacial score (nSPS) is 10.0. The van der Waals surface area contributed by atoms with Crippen LogP contribution in [0.1, 0.15) is 32.2 Å². The van der Waals surface area contributed by atoms with Gasteiger partial charge in [0.15, 0.2) is 6.61 Å². The Morgan fingerprint density at radius 2 is 1.83 bits per heavy atom. The molecule has 2 rings (SSSR count). The van der Waals surface area contributed by atoms with Crippen molar-refractivity contribution in [1.82, 2.24) is 16.0 Å². The summed E-state index contributed by atoms with van der Waals surface area (Å²) in [6.07, 6.45) is 0. The second-order valence-electron chi connectivity index (χ2n) is 4.64. The van der Waals surface area contributed by atoms with Crippen LogP contribution in [0.15, 0.2) is 34.9 Å². The standard InChI is InChI=1S/C15H15N3O5/c1-9-13(10(2)23-18-9)15(21)22-8-12(19)16-17-14(20)11-6-4-3-5-7-11/h3-7H,8H2,1-2H3,(H,16,19)(H,17,20). The molecule has 1 aromatic heterocycles. The molecule has 2 aromatic rings. The summed E-state index contributed by atoms with van der Waals surface area (Å²) in [6, 6.07) is 8.35. The maximum absolute atomic E-state index is 11.8. The van der Waals surface area contributed by atoms with E-state index in [4.69, 9.17) is 9.26 Å². The van der Waals surface area contributed by atoms with Crippen molar-refractivity contribution in [2.75, 3.05) is 6.61 Å². The lowest BCUT2D eigenvalue weighted by atomic mass is 10.2. The number of hydrogen-bond acceptors (Lipinski definition) is 6. The summed E-state index contributed by atoms with van der Waals surface area (Å²) in [7, 11) is 0. The summed E-state index contributed by atoms with van der Waals surface area (Å²) in [5.74, 6) is -1.55. The second-order valence-corrected chi connectivity index (χ2v) is 4.64. The van der Waals surface area contributed by atoms with Gasteiger partial charge >= 0.3 is 5.97 Å². The molecule has 0 unspecified atom stereocenters. The molecule has 2 N–H and O–H groups in total. The zero-order chi connectivity index (χ0) is 16.8. The highest BCUT2D eigenvalue weighted by Crippen LogP contribution is 2.13. The lowest BCUT2D eigenvalue weighted by molar-refractivity contribution is -0.125. The Hall–Kier alpha value is -3.16. The highest BCUT2D eigenvalue weighted by molar-refractivity contribution is 5.96. The first-order valence-corrected chi connectivity index (χ1v) is 6.73. The van der Waals surface area contributed by atoms with E-state index in [1.807, 2.05) is 0 Å². The van der Waals surface area contributed by atoms with Crippen molar-refractivity contribution in [3.05, 3.63) is 52.9 Å². The molecular weight excluding hydrogens is 302 g/mol. The number of ether oxygens (including phenoxy) is 1. The van der Waals surface area contributed by atoms with Gasteiger partial charge in [-0.05, 0) is 26.0 Å². The van der Waals surface area contributed by atoms with E-state index in [0.29, 0.717) is 17.0 Å². The van der Waals surface area contributed by atoms with Gasteiger partial charge in [-0.25, -0.2) is 4.79 Å². The number of nitrogens with one attached hydrogen (secondary N) is 2. The lowest BCUT2D eigenvalue weighted by Gasteiger charge is -2.08. The van der Waals surface area contributed by atoms with Crippen LogP contribution in [0.4, 0.5) is 0 Å². The van der Waals surface area contributed by atoms with Gasteiger partial charge in [0.05, 0.1) is 5.69 Å². The summed E-state index contributed by atoms with van der Waals surface area (Å²) >= 11 is 0. The molecule has 8 nitrogen and oxygen atoms in total. The fourth-order valence-corrected chi connectivity index (χ4v) is 1.80. The quantitative estimate of drug-likeness (QED) is 0.640. The fraction of sp³-hybridized carbons (Fsp3) is 0.200. The third kappa shape index (κ3) is 4.16. The van der Waals surface area contributed by atoms with Gasteiger partial charge in [0, 0.05) is 5.56 Å². The van der Waals surface area contributed by atoms with Crippen molar-refractivity contribution in [1.29, 1.82) is 0 Å². The predicted octanol–water partition coefficient (Wildman–Crippen LogP) is 0.909. The van der Waals surface area contributed by atoms with Crippen LogP contribution in [0, 0.1) is 13.8 Å². The van der Waals surface area contributed by atoms with E-state index in [1.54, 1.807) is 44.2 Å². The highest BCUT2D eigenvalue weighted by atomic mass is 16.5. The van der Waals surface area contributed by atoms with Crippen LogP contribution in [0.2, 0.25) is 0 Å². The van der Waals surface area contributed by atoms with E-state index < -0.39 is 24.4 Å². The molecular formula is C15H15N3O5. The zero-order valence-electron chi connectivity index (χ0n) is 12.6. The van der Waals surface area contributed by atoms with Crippen LogP contribution in [0.3, 0.4) is 0 Å². The van der Waals surface area contributed by atoms with Gasteiger partial charge in [-0.2, -0.15) is 0 Å². The van der Waals surface area contributed by atoms with Crippen LogP contribution < -0.4 is 10.9 Å². The predicted molar refractivity (Wildman–Crippen MR) is 78.3 cm³/mol. The molecule has 23 heavy (non-hydrogen) atoms. The summed E-state index contributed by atoms with van der Waals surface area (Å²) < 4.78 is 9.69. The average Bonchev–Trinajstić information content (AvgIpc) is 2.90. The number of aromatic nitrogens is 1. The third-order valence-corrected chi connectivity index (χ3v) is 2.92. The van der Waals surface area contributed by atoms with E-state index >= 15 is 0 Å². The van der Waals surface area contributed by atoms with Crippen LogP contribution in [0.5, 0.6) is 0 Å². The van der Waals surface area contributed by atoms with Gasteiger partial charge in [-0.15, -0.1) is 0 Å². The van der Waals surface area contributed by atoms with E-state index in [1.165, 1.54) is 0 Å². The smallest absolute Gasteiger partial charge is 0.344 e. The van der Waals surface area contributed by atoms with Crippen molar-refractivity contribution in [3.8, 4) is 0 Å². The van der Waals surface area contributed by atoms with E-state index in [9.17, 15) is 14.4 Å². The molecule has 1 aromatic carbocycles. The Bertz CT molecular complexity index is 704. The van der Waals surface area contributed by atoms with Crippen LogP contribution in [0.25, 0.3) is 0 Å². The summed E-state index contributed by atoms with van der Waals surface area (Å²) in [5, 5.41) is 3.62. The zero-order valence-corrected chi connectivity index (χ0v) is 12.6. The Morgan fingerprint density at radius 1 is 1.13 bits per heavy atom. The molecule has 0 atom stereocenters. The Kier molecular flexibility index (Phi) is 5.08. The van der Waals surface area contributed by atoms with Crippen molar-refractivity contribution in [2.24, 2.45) is 0 Å². The monoisotopic (exact) mass is 317 g/mol. The van der Waals surface area contributed by atoms with E-state index in [0.717, 1.165) is 0 Å². The number of carbonyl (C=O) groups excluding carboxylic acids is 3. The molecule has 120 valence electrons. The molecule has 0 saturated heterocycles. The largest absolute Gasteiger partial charge is 0.452 e. The molecule has 0 fully saturated rings. The maximum Gasteiger partial charge on any atom is 0.344 e. The van der Waals surface area contributed by atoms with Crippen LogP contribution in [-0.4, -0.2) is 29.5 Å². The summed E-state index contributed by atoms with van der Waals surface area (Å²) in [4.78, 5) is 35.1. The number of carbonyl (C=O) groups is 3. The van der Waals surface area contributed by atoms with Gasteiger partial charge < -0.3 is 9.26 Å². The SMILES string of the molecule is Cc1noc(C)c1C(=O)OCC(=O)NNC(=O)c1ccccc1. The van der Waals surface area contributed by atoms with Crippen LogP contribution >= 0.6 is 0 Å². The van der Waals surface area contributed by atoms with E-state index in [-0.39, 0.29) is 5.56 Å². The fourth-order valence-electron chi connectivity index (χ4n) is 1.80. The van der Waals surface area contributed by atoms with Crippen molar-refractivity contribution < 1.29 is 23.6 Å². The lowest BCUT2D eigenvalue weighted by Crippen LogP contribution is -2.43. The van der Waals surface area contributed by atoms with Crippen molar-refractivity contribution in [3.63, 3.8) is 0 Å². The summed E-state index contributed by atoms with van der Waals surface area (Å²) in [6.45, 7) is 2.61. The molecule has 0 bridgehead atoms. The van der Waals surface area contributed by atoms with Gasteiger partial charge in [0.2, 0.25) is 0 Å². The number of esters is 1. The first-order valence-electron chi connectivity index (χ1n) is 6.73. The Labute approximate surface area is 131 Å². The van der Waals surface area contributed by atoms with Crippen molar-refractivity contribution >= 4 is 17.8 Å². The molecule has 0 radical (unpaired) electrons. The van der Waals surface area contributed by atoms with E-state index in [2.05, 4.69) is 16.0 Å². The molecule has 8 heteroatoms. The minimum absolute atomic E-state index is 0.186. The Morgan fingerprint density at radius 3 is 2.43 bits per heavy atom. The van der Waals surface area contributed by atoms with Gasteiger partial charge in [0.1, 0.15) is 11.3 Å². The number of aryl methyl sites for hydroxylation is 2. The van der Waals surface area contributed by atoms with Crippen LogP contribution in [-0.2, 0) is 9.53 Å². The Balaban J connectivity index is 1.79. The molecule has 0 aliphatic rings. The minimum atomic E-state index is -0.717. The molecule has 0 saturated carbocycles. The topological polar surface area (TPSA) is 111 Å². The first kappa shape index (κ1) is 16.2. The average molecular weight is 317 g/mol. The third-order valence-electron chi connectivity index (χ3n) is 2.92. The second kappa shape index (κ2) is 7.21. The number of rotatable bonds is 4. The molecule has 0 aliphatic carbocycles. The molecule has 1 heterocycles. The van der Waals surface area contributed by atoms with Crippen molar-refractivity contribution in [2.45, 2.75) is 13.8 Å². The molecule has 2 amide bonds. The number of nitrogens with zero attached hydrogens (tertiary/aromatic N) is 1. The molecule has 0 spiro atoms. The highest BCUT2D eigenvalue weighted by Gasteiger charge is 2.20. The number of amides is 2. The number of benzene rings is 1. The first-order chi connectivity index (χ1) is 11.0. The van der Waals surface area contributed by atoms with Gasteiger partial charge in [0.25, 0.3) is 11.8 Å². The molecule has 0 aliphatic heterocycles. The number of hydrazine groups is 1. The number of hydrogen-bond donors (Lipinski definition) is 2.